The van der Waals surface area contributed by atoms with Crippen LogP contribution in [0.15, 0.2) is 18.2 Å². The number of hydrogen-bond acceptors (Lipinski definition) is 2. The van der Waals surface area contributed by atoms with Crippen molar-refractivity contribution in [1.29, 1.82) is 0 Å². The van der Waals surface area contributed by atoms with Crippen molar-refractivity contribution in [3.8, 4) is 0 Å². The number of thiophene rings is 1. The Hall–Kier alpha value is -0.640. The van der Waals surface area contributed by atoms with Gasteiger partial charge in [-0.25, -0.2) is 4.39 Å². The van der Waals surface area contributed by atoms with Crippen LogP contribution in [-0.2, 0) is 6.61 Å². The minimum absolute atomic E-state index is 0.0305. The largest absolute Gasteiger partial charge is 0.391 e. The molecule has 0 saturated heterocycles. The van der Waals surface area contributed by atoms with Crippen molar-refractivity contribution >= 4 is 33.0 Å². The number of hydrogen-bond donors (Lipinski definition) is 1. The minimum Gasteiger partial charge on any atom is -0.391 e. The summed E-state index contributed by atoms with van der Waals surface area (Å²) in [6, 6.07) is 4.72. The molecule has 4 heteroatoms. The van der Waals surface area contributed by atoms with E-state index in [-0.39, 0.29) is 11.6 Å². The molecule has 2 rings (SSSR count). The monoisotopic (exact) mass is 216 g/mol. The topological polar surface area (TPSA) is 20.2 Å². The number of halogens is 2. The average molecular weight is 217 g/mol. The van der Waals surface area contributed by atoms with Gasteiger partial charge in [0.1, 0.15) is 5.82 Å². The van der Waals surface area contributed by atoms with Gasteiger partial charge in [-0.2, -0.15) is 0 Å². The van der Waals surface area contributed by atoms with E-state index in [2.05, 4.69) is 0 Å². The first-order chi connectivity index (χ1) is 6.22. The van der Waals surface area contributed by atoms with Crippen molar-refractivity contribution in [3.05, 3.63) is 33.9 Å². The van der Waals surface area contributed by atoms with Gasteiger partial charge < -0.3 is 5.11 Å². The Labute approximate surface area is 83.4 Å². The first-order valence-electron chi connectivity index (χ1n) is 3.69. The molecule has 1 heterocycles. The van der Waals surface area contributed by atoms with Crippen LogP contribution in [0.25, 0.3) is 10.1 Å². The van der Waals surface area contributed by atoms with Gasteiger partial charge in [-0.3, -0.25) is 0 Å². The third kappa shape index (κ3) is 1.43. The third-order valence-electron chi connectivity index (χ3n) is 1.79. The summed E-state index contributed by atoms with van der Waals surface area (Å²) in [6.45, 7) is -0.0305. The van der Waals surface area contributed by atoms with Crippen LogP contribution in [-0.4, -0.2) is 5.11 Å². The van der Waals surface area contributed by atoms with Crippen molar-refractivity contribution in [1.82, 2.24) is 0 Å². The van der Waals surface area contributed by atoms with Crippen LogP contribution in [0.1, 0.15) is 4.88 Å². The number of aliphatic hydroxyl groups is 1. The number of aliphatic hydroxyl groups excluding tert-OH is 1. The van der Waals surface area contributed by atoms with Crippen molar-refractivity contribution in [2.75, 3.05) is 0 Å². The molecule has 0 aliphatic carbocycles. The van der Waals surface area contributed by atoms with Crippen LogP contribution in [0, 0.1) is 5.82 Å². The first-order valence-corrected chi connectivity index (χ1v) is 4.89. The molecule has 0 spiro atoms. The molecule has 0 saturated carbocycles. The summed E-state index contributed by atoms with van der Waals surface area (Å²) in [5, 5.41) is 9.68. The fourth-order valence-corrected chi connectivity index (χ4v) is 2.39. The minimum atomic E-state index is -0.420. The number of fused-ring (bicyclic) bond motifs is 1. The van der Waals surface area contributed by atoms with Crippen LogP contribution in [0.3, 0.4) is 0 Å². The van der Waals surface area contributed by atoms with Crippen LogP contribution < -0.4 is 0 Å². The zero-order valence-corrected chi connectivity index (χ0v) is 8.12. The molecule has 1 aromatic heterocycles. The van der Waals surface area contributed by atoms with E-state index in [1.54, 1.807) is 12.1 Å². The van der Waals surface area contributed by atoms with E-state index in [9.17, 15) is 4.39 Å². The highest BCUT2D eigenvalue weighted by molar-refractivity contribution is 7.19. The predicted molar refractivity (Wildman–Crippen MR) is 52.7 cm³/mol. The quantitative estimate of drug-likeness (QED) is 0.776. The molecule has 0 bridgehead atoms. The van der Waals surface area contributed by atoms with Gasteiger partial charge in [0.15, 0.2) is 0 Å². The van der Waals surface area contributed by atoms with Gasteiger partial charge in [0.25, 0.3) is 0 Å². The molecule has 0 unspecified atom stereocenters. The summed E-state index contributed by atoms with van der Waals surface area (Å²) in [7, 11) is 0. The van der Waals surface area contributed by atoms with Gasteiger partial charge in [0.05, 0.1) is 11.6 Å². The lowest BCUT2D eigenvalue weighted by atomic mass is 10.2. The Kier molecular flexibility index (Phi) is 2.24. The van der Waals surface area contributed by atoms with Gasteiger partial charge in [-0.1, -0.05) is 11.6 Å². The maximum atomic E-state index is 13.0. The molecule has 0 atom stereocenters. The molecule has 0 aliphatic heterocycles. The molecular weight excluding hydrogens is 211 g/mol. The fourth-order valence-electron chi connectivity index (χ4n) is 1.18. The Morgan fingerprint density at radius 3 is 2.92 bits per heavy atom. The normalized spacial score (nSPS) is 11.0. The van der Waals surface area contributed by atoms with E-state index in [0.717, 1.165) is 9.58 Å². The van der Waals surface area contributed by atoms with E-state index >= 15 is 0 Å². The second-order valence-electron chi connectivity index (χ2n) is 2.64. The lowest BCUT2D eigenvalue weighted by Crippen LogP contribution is -1.75. The Balaban J connectivity index is 2.76. The van der Waals surface area contributed by atoms with Gasteiger partial charge >= 0.3 is 0 Å². The molecule has 1 N–H and O–H groups in total. The standard InChI is InChI=1S/C9H6ClFOS/c10-9-6-3-5(4-12)13-8(6)2-1-7(9)11/h1-3,12H,4H2. The van der Waals surface area contributed by atoms with Crippen LogP contribution in [0.5, 0.6) is 0 Å². The van der Waals surface area contributed by atoms with E-state index in [0.29, 0.717) is 5.39 Å². The maximum Gasteiger partial charge on any atom is 0.142 e. The highest BCUT2D eigenvalue weighted by atomic mass is 35.5. The Bertz CT molecular complexity index is 452. The lowest BCUT2D eigenvalue weighted by Gasteiger charge is -1.93. The van der Waals surface area contributed by atoms with E-state index in [1.807, 2.05) is 0 Å². The zero-order chi connectivity index (χ0) is 9.42. The first kappa shape index (κ1) is 8.94. The SMILES string of the molecule is OCc1cc2c(Cl)c(F)ccc2s1. The van der Waals surface area contributed by atoms with E-state index in [4.69, 9.17) is 16.7 Å². The van der Waals surface area contributed by atoms with E-state index < -0.39 is 5.82 Å². The Morgan fingerprint density at radius 2 is 2.23 bits per heavy atom. The smallest absolute Gasteiger partial charge is 0.142 e. The maximum absolute atomic E-state index is 13.0. The molecule has 68 valence electrons. The van der Waals surface area contributed by atoms with Crippen molar-refractivity contribution in [2.45, 2.75) is 6.61 Å². The second-order valence-corrected chi connectivity index (χ2v) is 4.19. The fraction of sp³-hybridized carbons (Fsp3) is 0.111. The molecule has 0 fully saturated rings. The van der Waals surface area contributed by atoms with Gasteiger partial charge in [-0.05, 0) is 18.2 Å². The third-order valence-corrected chi connectivity index (χ3v) is 3.26. The number of benzene rings is 1. The van der Waals surface area contributed by atoms with Crippen LogP contribution >= 0.6 is 22.9 Å². The summed E-state index contributed by atoms with van der Waals surface area (Å²) < 4.78 is 13.9. The summed E-state index contributed by atoms with van der Waals surface area (Å²) in [5.74, 6) is -0.420. The van der Waals surface area contributed by atoms with Gasteiger partial charge in [0.2, 0.25) is 0 Å². The van der Waals surface area contributed by atoms with Crippen LogP contribution in [0.4, 0.5) is 4.39 Å². The molecule has 13 heavy (non-hydrogen) atoms. The molecular formula is C9H6ClFOS. The predicted octanol–water partition coefficient (Wildman–Crippen LogP) is 3.19. The van der Waals surface area contributed by atoms with Gasteiger partial charge in [0, 0.05) is 15.0 Å². The summed E-state index contributed by atoms with van der Waals surface area (Å²) in [4.78, 5) is 0.794. The van der Waals surface area contributed by atoms with Crippen molar-refractivity contribution in [3.63, 3.8) is 0 Å². The molecule has 2 aromatic rings. The molecule has 0 aliphatic rings. The van der Waals surface area contributed by atoms with Crippen molar-refractivity contribution in [2.24, 2.45) is 0 Å². The second kappa shape index (κ2) is 3.25. The molecule has 0 radical (unpaired) electrons. The molecule has 1 nitrogen and oxygen atoms in total. The Morgan fingerprint density at radius 1 is 1.46 bits per heavy atom. The summed E-state index contributed by atoms with van der Waals surface area (Å²) >= 11 is 7.17. The average Bonchev–Trinajstić information content (AvgIpc) is 2.55. The van der Waals surface area contributed by atoms with Crippen LogP contribution in [0.2, 0.25) is 5.02 Å². The number of rotatable bonds is 1. The van der Waals surface area contributed by atoms with Crippen molar-refractivity contribution < 1.29 is 9.50 Å². The van der Waals surface area contributed by atoms with E-state index in [1.165, 1.54) is 17.4 Å². The highest BCUT2D eigenvalue weighted by Crippen LogP contribution is 2.32. The van der Waals surface area contributed by atoms with Gasteiger partial charge in [-0.15, -0.1) is 11.3 Å². The molecule has 1 aromatic carbocycles. The molecule has 0 amide bonds. The summed E-state index contributed by atoms with van der Waals surface area (Å²) in [5.41, 5.74) is 0. The summed E-state index contributed by atoms with van der Waals surface area (Å²) in [6.07, 6.45) is 0. The zero-order valence-electron chi connectivity index (χ0n) is 6.55. The lowest BCUT2D eigenvalue weighted by molar-refractivity contribution is 0.285. The highest BCUT2D eigenvalue weighted by Gasteiger charge is 2.08.